The molecule has 1 fully saturated rings. The molecule has 2 rings (SSSR count). The van der Waals surface area contributed by atoms with Crippen LogP contribution in [0.15, 0.2) is 29.4 Å². The number of carbonyl (C=O) groups excluding carboxylic acids is 3. The third kappa shape index (κ3) is 8.59. The number of aromatic nitrogens is 1. The van der Waals surface area contributed by atoms with E-state index >= 15 is 0 Å². The van der Waals surface area contributed by atoms with E-state index < -0.39 is 18.1 Å². The highest BCUT2D eigenvalue weighted by Gasteiger charge is 2.31. The highest BCUT2D eigenvalue weighted by Crippen LogP contribution is 2.29. The first-order valence-corrected chi connectivity index (χ1v) is 11.6. The number of aliphatic hydroxyl groups excluding tert-OH is 1. The van der Waals surface area contributed by atoms with Crippen molar-refractivity contribution in [3.8, 4) is 0 Å². The van der Waals surface area contributed by atoms with Gasteiger partial charge in [0.05, 0.1) is 0 Å². The fourth-order valence-electron chi connectivity index (χ4n) is 2.42. The molecule has 1 aromatic rings. The predicted octanol–water partition coefficient (Wildman–Crippen LogP) is 2.29. The van der Waals surface area contributed by atoms with Crippen molar-refractivity contribution < 1.29 is 24.3 Å². The van der Waals surface area contributed by atoms with Crippen LogP contribution in [0.5, 0.6) is 0 Å². The zero-order chi connectivity index (χ0) is 20.2. The Kier molecular flexibility index (Phi) is 10.3. The largest absolute Gasteiger partial charge is 0.366 e. The lowest BCUT2D eigenvalue weighted by molar-refractivity contribution is -0.245. The maximum atomic E-state index is 11.8. The molecule has 1 aliphatic rings. The number of hydrogen-bond donors (Lipinski definition) is 2. The molecule has 1 atom stereocenters. The van der Waals surface area contributed by atoms with E-state index in [-0.39, 0.29) is 18.7 Å². The molecule has 0 radical (unpaired) electrons. The lowest BCUT2D eigenvalue weighted by atomic mass is 10.2. The summed E-state index contributed by atoms with van der Waals surface area (Å²) in [7, 11) is 3.15. The maximum Gasteiger partial charge on any atom is 0.254 e. The van der Waals surface area contributed by atoms with Crippen LogP contribution in [-0.2, 0) is 19.2 Å². The summed E-state index contributed by atoms with van der Waals surface area (Å²) in [4.78, 5) is 43.7. The van der Waals surface area contributed by atoms with E-state index in [1.807, 2.05) is 18.2 Å². The van der Waals surface area contributed by atoms with Gasteiger partial charge >= 0.3 is 0 Å². The summed E-state index contributed by atoms with van der Waals surface area (Å²) in [5, 5.41) is 14.2. The molecule has 0 bridgehead atoms. The van der Waals surface area contributed by atoms with Crippen molar-refractivity contribution in [2.24, 2.45) is 0 Å². The van der Waals surface area contributed by atoms with E-state index in [4.69, 9.17) is 4.84 Å². The number of nitrogens with one attached hydrogen (secondary N) is 1. The molecule has 0 aromatic carbocycles. The van der Waals surface area contributed by atoms with Gasteiger partial charge in [-0.1, -0.05) is 23.3 Å². The number of hydrogen-bond acceptors (Lipinski definition) is 8. The van der Waals surface area contributed by atoms with Crippen molar-refractivity contribution in [2.45, 2.75) is 56.3 Å². The highest BCUT2D eigenvalue weighted by atomic mass is 33.1. The summed E-state index contributed by atoms with van der Waals surface area (Å²) in [5.74, 6) is -0.0971. The van der Waals surface area contributed by atoms with Crippen molar-refractivity contribution >= 4 is 39.3 Å². The molecule has 0 saturated carbocycles. The minimum absolute atomic E-state index is 0.0172. The molecule has 1 aromatic heterocycles. The van der Waals surface area contributed by atoms with Gasteiger partial charge in [-0.3, -0.25) is 14.4 Å². The normalized spacial score (nSPS) is 15.1. The SMILES string of the molecule is O=C(CCSSc1ccccn1)NCCCCCC(O)ON1C(=O)CCC1=O. The Labute approximate surface area is 172 Å². The first kappa shape index (κ1) is 22.7. The van der Waals surface area contributed by atoms with Crippen LogP contribution in [0.4, 0.5) is 0 Å². The number of rotatable bonds is 13. The standard InChI is InChI=1S/C18H25N3O5S2/c22-14(10-13-27-28-15-6-3-5-12-20-15)19-11-4-1-2-7-18(25)26-21-16(23)8-9-17(21)24/h3,5-6,12,18,25H,1-2,4,7-11,13H2,(H,19,22). The fourth-order valence-corrected chi connectivity index (χ4v) is 4.29. The lowest BCUT2D eigenvalue weighted by Gasteiger charge is -2.17. The number of carbonyl (C=O) groups is 3. The number of pyridine rings is 1. The van der Waals surface area contributed by atoms with Crippen molar-refractivity contribution in [1.29, 1.82) is 0 Å². The van der Waals surface area contributed by atoms with Gasteiger partial charge in [0.2, 0.25) is 5.91 Å². The van der Waals surface area contributed by atoms with Crippen LogP contribution in [0.25, 0.3) is 0 Å². The minimum Gasteiger partial charge on any atom is -0.366 e. The summed E-state index contributed by atoms with van der Waals surface area (Å²) < 4.78 is 0. The number of amides is 3. The molecule has 8 nitrogen and oxygen atoms in total. The van der Waals surface area contributed by atoms with Gasteiger partial charge in [0.15, 0.2) is 6.29 Å². The van der Waals surface area contributed by atoms with E-state index in [9.17, 15) is 19.5 Å². The van der Waals surface area contributed by atoms with Crippen molar-refractivity contribution in [3.05, 3.63) is 24.4 Å². The zero-order valence-electron chi connectivity index (χ0n) is 15.5. The van der Waals surface area contributed by atoms with Crippen molar-refractivity contribution in [2.75, 3.05) is 12.3 Å². The van der Waals surface area contributed by atoms with Crippen LogP contribution in [-0.4, -0.2) is 51.5 Å². The van der Waals surface area contributed by atoms with Gasteiger partial charge in [0.25, 0.3) is 11.8 Å². The Bertz CT molecular complexity index is 631. The van der Waals surface area contributed by atoms with Gasteiger partial charge in [-0.2, -0.15) is 5.06 Å². The third-order valence-corrected chi connectivity index (χ3v) is 6.14. The predicted molar refractivity (Wildman–Crippen MR) is 107 cm³/mol. The van der Waals surface area contributed by atoms with Crippen LogP contribution in [0.1, 0.15) is 44.9 Å². The van der Waals surface area contributed by atoms with Crippen molar-refractivity contribution in [1.82, 2.24) is 15.4 Å². The van der Waals surface area contributed by atoms with E-state index in [1.54, 1.807) is 27.8 Å². The van der Waals surface area contributed by atoms with Crippen LogP contribution < -0.4 is 5.32 Å². The minimum atomic E-state index is -1.17. The van der Waals surface area contributed by atoms with Crippen LogP contribution in [0, 0.1) is 0 Å². The Morgan fingerprint density at radius 1 is 1.25 bits per heavy atom. The smallest absolute Gasteiger partial charge is 0.254 e. The van der Waals surface area contributed by atoms with Crippen molar-refractivity contribution in [3.63, 3.8) is 0 Å². The molecule has 0 spiro atoms. The lowest BCUT2D eigenvalue weighted by Crippen LogP contribution is -2.34. The second-order valence-electron chi connectivity index (χ2n) is 6.16. The number of nitrogens with zero attached hydrogens (tertiary/aromatic N) is 2. The number of unbranched alkanes of at least 4 members (excludes halogenated alkanes) is 2. The van der Waals surface area contributed by atoms with Crippen LogP contribution >= 0.6 is 21.6 Å². The summed E-state index contributed by atoms with van der Waals surface area (Å²) >= 11 is 0. The monoisotopic (exact) mass is 427 g/mol. The van der Waals surface area contributed by atoms with Gasteiger partial charge in [-0.15, -0.1) is 0 Å². The fraction of sp³-hybridized carbons (Fsp3) is 0.556. The van der Waals surface area contributed by atoms with Crippen LogP contribution in [0.2, 0.25) is 0 Å². The molecule has 3 amide bonds. The van der Waals surface area contributed by atoms with E-state index in [0.29, 0.717) is 36.6 Å². The first-order valence-electron chi connectivity index (χ1n) is 9.24. The molecule has 10 heteroatoms. The molecule has 1 saturated heterocycles. The third-order valence-electron chi connectivity index (χ3n) is 3.88. The van der Waals surface area contributed by atoms with Gasteiger partial charge < -0.3 is 10.4 Å². The number of hydroxylamine groups is 2. The Morgan fingerprint density at radius 3 is 2.75 bits per heavy atom. The molecule has 0 aliphatic carbocycles. The van der Waals surface area contributed by atoms with Crippen LogP contribution in [0.3, 0.4) is 0 Å². The average molecular weight is 428 g/mol. The van der Waals surface area contributed by atoms with E-state index in [1.165, 1.54) is 0 Å². The quantitative estimate of drug-likeness (QED) is 0.214. The van der Waals surface area contributed by atoms with E-state index in [2.05, 4.69) is 10.3 Å². The highest BCUT2D eigenvalue weighted by molar-refractivity contribution is 8.76. The molecule has 2 N–H and O–H groups in total. The molecular weight excluding hydrogens is 402 g/mol. The molecule has 154 valence electrons. The van der Waals surface area contributed by atoms with Gasteiger partial charge in [0.1, 0.15) is 5.03 Å². The van der Waals surface area contributed by atoms with Gasteiger partial charge in [0, 0.05) is 44.2 Å². The van der Waals surface area contributed by atoms with E-state index in [0.717, 1.165) is 17.9 Å². The van der Waals surface area contributed by atoms with Gasteiger partial charge in [-0.05, 0) is 35.8 Å². The zero-order valence-corrected chi connectivity index (χ0v) is 17.2. The van der Waals surface area contributed by atoms with Gasteiger partial charge in [-0.25, -0.2) is 9.82 Å². The average Bonchev–Trinajstić information content (AvgIpc) is 3.00. The first-order chi connectivity index (χ1) is 13.6. The Morgan fingerprint density at radius 2 is 2.04 bits per heavy atom. The summed E-state index contributed by atoms with van der Waals surface area (Å²) in [6.07, 6.45) is 3.87. The Balaban J connectivity index is 1.42. The second-order valence-corrected chi connectivity index (χ2v) is 8.60. The number of imide groups is 1. The Hall–Kier alpha value is -1.62. The summed E-state index contributed by atoms with van der Waals surface area (Å²) in [6, 6.07) is 5.73. The molecular formula is C18H25N3O5S2. The molecule has 1 unspecified atom stereocenters. The second kappa shape index (κ2) is 12.8. The number of aliphatic hydroxyl groups is 1. The maximum absolute atomic E-state index is 11.8. The molecule has 28 heavy (non-hydrogen) atoms. The molecule has 1 aliphatic heterocycles. The topological polar surface area (TPSA) is 109 Å². The summed E-state index contributed by atoms with van der Waals surface area (Å²) in [5.41, 5.74) is 0. The molecule has 2 heterocycles. The summed E-state index contributed by atoms with van der Waals surface area (Å²) in [6.45, 7) is 0.580.